The molecule has 1 aromatic heterocycles. The highest BCUT2D eigenvalue weighted by atomic mass is 32.1. The molecule has 0 atom stereocenters. The van der Waals surface area contributed by atoms with Crippen LogP contribution in [0.4, 0.5) is 5.69 Å². The maximum Gasteiger partial charge on any atom is 0.335 e. The Kier molecular flexibility index (Phi) is 4.84. The van der Waals surface area contributed by atoms with Crippen molar-refractivity contribution in [2.24, 2.45) is 12.1 Å². The smallest absolute Gasteiger partial charge is 0.335 e. The summed E-state index contributed by atoms with van der Waals surface area (Å²) in [6.45, 7) is 1.88. The molecule has 0 amide bonds. The molecule has 0 fully saturated rings. The molecule has 0 bridgehead atoms. The van der Waals surface area contributed by atoms with E-state index in [1.54, 1.807) is 23.0 Å². The van der Waals surface area contributed by atoms with E-state index in [-0.39, 0.29) is 10.7 Å². The van der Waals surface area contributed by atoms with Crippen molar-refractivity contribution < 1.29 is 9.90 Å². The number of nitrogens with zero attached hydrogens (tertiary/aromatic N) is 3. The van der Waals surface area contributed by atoms with Crippen molar-refractivity contribution in [3.63, 3.8) is 0 Å². The highest BCUT2D eigenvalue weighted by molar-refractivity contribution is 7.80. The second kappa shape index (κ2) is 6.81. The van der Waals surface area contributed by atoms with Gasteiger partial charge in [0.05, 0.1) is 17.5 Å². The number of aromatic nitrogens is 2. The first-order valence-corrected chi connectivity index (χ1v) is 6.80. The maximum absolute atomic E-state index is 10.9. The van der Waals surface area contributed by atoms with Crippen LogP contribution in [0.1, 0.15) is 21.6 Å². The van der Waals surface area contributed by atoms with E-state index in [0.717, 1.165) is 11.3 Å². The van der Waals surface area contributed by atoms with Crippen LogP contribution >= 0.6 is 12.2 Å². The van der Waals surface area contributed by atoms with Gasteiger partial charge in [0.25, 0.3) is 0 Å². The van der Waals surface area contributed by atoms with Gasteiger partial charge in [-0.2, -0.15) is 10.2 Å². The van der Waals surface area contributed by atoms with E-state index in [1.807, 2.05) is 20.2 Å². The number of aryl methyl sites for hydroxylation is 2. The van der Waals surface area contributed by atoms with Crippen molar-refractivity contribution in [1.82, 2.24) is 15.2 Å². The van der Waals surface area contributed by atoms with Crippen molar-refractivity contribution >= 4 is 35.2 Å². The molecule has 1 heterocycles. The second-order valence-electron chi connectivity index (χ2n) is 4.55. The van der Waals surface area contributed by atoms with E-state index >= 15 is 0 Å². The third-order valence-electron chi connectivity index (χ3n) is 2.79. The van der Waals surface area contributed by atoms with Gasteiger partial charge < -0.3 is 10.4 Å². The largest absolute Gasteiger partial charge is 0.478 e. The molecule has 3 N–H and O–H groups in total. The van der Waals surface area contributed by atoms with E-state index in [1.165, 1.54) is 12.1 Å². The fraction of sp³-hybridized carbons (Fsp3) is 0.143. The number of hydrazone groups is 1. The molecule has 2 aromatic rings. The van der Waals surface area contributed by atoms with Crippen LogP contribution in [0.25, 0.3) is 0 Å². The van der Waals surface area contributed by atoms with Crippen LogP contribution < -0.4 is 10.7 Å². The van der Waals surface area contributed by atoms with Crippen molar-refractivity contribution in [2.45, 2.75) is 6.92 Å². The summed E-state index contributed by atoms with van der Waals surface area (Å²) in [5, 5.41) is 20.3. The van der Waals surface area contributed by atoms with E-state index in [0.29, 0.717) is 5.69 Å². The van der Waals surface area contributed by atoms with E-state index in [4.69, 9.17) is 17.3 Å². The van der Waals surface area contributed by atoms with Crippen LogP contribution in [0.5, 0.6) is 0 Å². The number of thiocarbonyl (C=S) groups is 1. The van der Waals surface area contributed by atoms with Gasteiger partial charge in [0.2, 0.25) is 0 Å². The van der Waals surface area contributed by atoms with Crippen LogP contribution in [0.3, 0.4) is 0 Å². The zero-order chi connectivity index (χ0) is 16.1. The number of aromatic carboxylic acids is 1. The Labute approximate surface area is 132 Å². The average molecular weight is 317 g/mol. The minimum Gasteiger partial charge on any atom is -0.478 e. The lowest BCUT2D eigenvalue weighted by Gasteiger charge is -2.07. The van der Waals surface area contributed by atoms with Crippen molar-refractivity contribution in [3.05, 3.63) is 47.3 Å². The van der Waals surface area contributed by atoms with Gasteiger partial charge in [-0.3, -0.25) is 10.1 Å². The van der Waals surface area contributed by atoms with Gasteiger partial charge in [0.1, 0.15) is 0 Å². The lowest BCUT2D eigenvalue weighted by atomic mass is 10.2. The lowest BCUT2D eigenvalue weighted by molar-refractivity contribution is 0.0697. The van der Waals surface area contributed by atoms with E-state index in [9.17, 15) is 4.79 Å². The Balaban J connectivity index is 1.94. The SMILES string of the molecule is Cc1nn(C)cc1C=NNC(=S)Nc1cccc(C(=O)O)c1. The first-order valence-electron chi connectivity index (χ1n) is 6.39. The van der Waals surface area contributed by atoms with Crippen LogP contribution in [0.15, 0.2) is 35.6 Å². The number of nitrogens with one attached hydrogen (secondary N) is 2. The number of anilines is 1. The molecule has 0 saturated heterocycles. The first kappa shape index (κ1) is 15.6. The molecule has 22 heavy (non-hydrogen) atoms. The molecule has 114 valence electrons. The Morgan fingerprint density at radius 3 is 2.91 bits per heavy atom. The third kappa shape index (κ3) is 4.13. The van der Waals surface area contributed by atoms with E-state index < -0.39 is 5.97 Å². The Hall–Kier alpha value is -2.74. The molecular weight excluding hydrogens is 302 g/mol. The normalized spacial score (nSPS) is 10.6. The number of carboxylic acids is 1. The maximum atomic E-state index is 10.9. The molecule has 2 rings (SSSR count). The third-order valence-corrected chi connectivity index (χ3v) is 2.98. The average Bonchev–Trinajstić information content (AvgIpc) is 2.77. The van der Waals surface area contributed by atoms with Crippen molar-refractivity contribution in [2.75, 3.05) is 5.32 Å². The Morgan fingerprint density at radius 1 is 1.50 bits per heavy atom. The zero-order valence-corrected chi connectivity index (χ0v) is 12.9. The molecule has 0 aliphatic heterocycles. The quantitative estimate of drug-likeness (QED) is 0.452. The number of carboxylic acid groups (broad SMARTS) is 1. The highest BCUT2D eigenvalue weighted by Gasteiger charge is 2.04. The lowest BCUT2D eigenvalue weighted by Crippen LogP contribution is -2.24. The predicted molar refractivity (Wildman–Crippen MR) is 88.3 cm³/mol. The first-order chi connectivity index (χ1) is 10.5. The van der Waals surface area contributed by atoms with Crippen LogP contribution in [-0.2, 0) is 7.05 Å². The van der Waals surface area contributed by atoms with Crippen LogP contribution in [-0.4, -0.2) is 32.2 Å². The molecule has 8 heteroatoms. The van der Waals surface area contributed by atoms with Crippen molar-refractivity contribution in [3.8, 4) is 0 Å². The molecule has 7 nitrogen and oxygen atoms in total. The summed E-state index contributed by atoms with van der Waals surface area (Å²) in [5.74, 6) is -0.993. The second-order valence-corrected chi connectivity index (χ2v) is 4.96. The number of hydrogen-bond acceptors (Lipinski definition) is 4. The van der Waals surface area contributed by atoms with Gasteiger partial charge in [0.15, 0.2) is 5.11 Å². The molecule has 0 radical (unpaired) electrons. The summed E-state index contributed by atoms with van der Waals surface area (Å²) in [4.78, 5) is 10.9. The van der Waals surface area contributed by atoms with Crippen LogP contribution in [0.2, 0.25) is 0 Å². The van der Waals surface area contributed by atoms with Gasteiger partial charge in [-0.1, -0.05) is 6.07 Å². The molecule has 1 aromatic carbocycles. The standard InChI is InChI=1S/C14H15N5O2S/c1-9-11(8-19(2)18-9)7-15-17-14(22)16-12-5-3-4-10(6-12)13(20)21/h3-8H,1-2H3,(H,20,21)(H2,16,17,22). The molecule has 0 saturated carbocycles. The van der Waals surface area contributed by atoms with Gasteiger partial charge >= 0.3 is 5.97 Å². The monoisotopic (exact) mass is 317 g/mol. The number of benzene rings is 1. The predicted octanol–water partition coefficient (Wildman–Crippen LogP) is 1.75. The molecule has 0 aliphatic rings. The summed E-state index contributed by atoms with van der Waals surface area (Å²) in [6, 6.07) is 6.35. The highest BCUT2D eigenvalue weighted by Crippen LogP contribution is 2.10. The molecule has 0 aliphatic carbocycles. The Bertz CT molecular complexity index is 739. The topological polar surface area (TPSA) is 91.5 Å². The minimum absolute atomic E-state index is 0.183. The molecule has 0 unspecified atom stereocenters. The fourth-order valence-electron chi connectivity index (χ4n) is 1.79. The number of carbonyl (C=O) groups is 1. The number of rotatable bonds is 4. The zero-order valence-electron chi connectivity index (χ0n) is 12.1. The van der Waals surface area contributed by atoms with Gasteiger partial charge in [0, 0.05) is 24.5 Å². The fourth-order valence-corrected chi connectivity index (χ4v) is 1.96. The summed E-state index contributed by atoms with van der Waals surface area (Å²) < 4.78 is 1.70. The summed E-state index contributed by atoms with van der Waals surface area (Å²) in [5.41, 5.74) is 5.17. The summed E-state index contributed by atoms with van der Waals surface area (Å²) >= 11 is 5.09. The molecular formula is C14H15N5O2S. The van der Waals surface area contributed by atoms with Gasteiger partial charge in [-0.15, -0.1) is 0 Å². The minimum atomic E-state index is -0.993. The summed E-state index contributed by atoms with van der Waals surface area (Å²) in [6.07, 6.45) is 3.46. The van der Waals surface area contributed by atoms with Gasteiger partial charge in [-0.05, 0) is 37.3 Å². The van der Waals surface area contributed by atoms with Crippen LogP contribution in [0, 0.1) is 6.92 Å². The number of hydrogen-bond donors (Lipinski definition) is 3. The van der Waals surface area contributed by atoms with Crippen molar-refractivity contribution in [1.29, 1.82) is 0 Å². The Morgan fingerprint density at radius 2 is 2.27 bits per heavy atom. The van der Waals surface area contributed by atoms with Gasteiger partial charge in [-0.25, -0.2) is 4.79 Å². The van der Waals surface area contributed by atoms with E-state index in [2.05, 4.69) is 20.9 Å². The molecule has 0 spiro atoms. The summed E-state index contributed by atoms with van der Waals surface area (Å²) in [7, 11) is 1.83.